The number of amides is 1. The molecule has 1 radical (unpaired) electrons. The molecular weight excluding hydrogens is 204 g/mol. The lowest BCUT2D eigenvalue weighted by Crippen LogP contribution is -2.48. The lowest BCUT2D eigenvalue weighted by molar-refractivity contribution is -0.0586. The second kappa shape index (κ2) is 4.61. The fourth-order valence-electron chi connectivity index (χ4n) is 1.97. The summed E-state index contributed by atoms with van der Waals surface area (Å²) in [5.74, 6) is 0.0171. The van der Waals surface area contributed by atoms with E-state index in [4.69, 9.17) is 4.74 Å². The number of carbonyl (C=O) groups excluding carboxylic acids is 1. The SMILES string of the molecule is CC1CN(C(=O)c2cc[c]nc2)CC(C)O1. The van der Waals surface area contributed by atoms with Crippen molar-refractivity contribution < 1.29 is 9.53 Å². The highest BCUT2D eigenvalue weighted by Gasteiger charge is 2.26. The van der Waals surface area contributed by atoms with Gasteiger partial charge in [-0.3, -0.25) is 9.78 Å². The van der Waals surface area contributed by atoms with E-state index in [1.165, 1.54) is 0 Å². The van der Waals surface area contributed by atoms with Crippen molar-refractivity contribution in [3.63, 3.8) is 0 Å². The molecule has 0 saturated carbocycles. The number of ether oxygens (including phenoxy) is 1. The van der Waals surface area contributed by atoms with Gasteiger partial charge in [-0.2, -0.15) is 0 Å². The largest absolute Gasteiger partial charge is 0.372 e. The van der Waals surface area contributed by atoms with Crippen molar-refractivity contribution in [3.05, 3.63) is 30.1 Å². The Labute approximate surface area is 95.2 Å². The lowest BCUT2D eigenvalue weighted by atomic mass is 10.2. The van der Waals surface area contributed by atoms with Gasteiger partial charge in [0.25, 0.3) is 5.91 Å². The molecule has 1 aromatic heterocycles. The van der Waals surface area contributed by atoms with Crippen LogP contribution in [0.2, 0.25) is 0 Å². The van der Waals surface area contributed by atoms with Gasteiger partial charge < -0.3 is 9.64 Å². The fraction of sp³-hybridized carbons (Fsp3) is 0.500. The third-order valence-electron chi connectivity index (χ3n) is 2.57. The Morgan fingerprint density at radius 2 is 2.19 bits per heavy atom. The highest BCUT2D eigenvalue weighted by Crippen LogP contribution is 2.13. The van der Waals surface area contributed by atoms with Crippen LogP contribution in [0.25, 0.3) is 0 Å². The first-order valence-electron chi connectivity index (χ1n) is 5.43. The summed E-state index contributed by atoms with van der Waals surface area (Å²) in [4.78, 5) is 17.8. The number of morpholine rings is 1. The summed E-state index contributed by atoms with van der Waals surface area (Å²) >= 11 is 0. The summed E-state index contributed by atoms with van der Waals surface area (Å²) in [6, 6.07) is 3.39. The number of carbonyl (C=O) groups is 1. The summed E-state index contributed by atoms with van der Waals surface area (Å²) in [6.45, 7) is 5.24. The van der Waals surface area contributed by atoms with Crippen LogP contribution in [-0.4, -0.2) is 41.1 Å². The molecule has 1 aliphatic heterocycles. The molecule has 2 heterocycles. The van der Waals surface area contributed by atoms with Gasteiger partial charge in [-0.05, 0) is 26.0 Å². The third kappa shape index (κ3) is 2.39. The minimum absolute atomic E-state index is 0.0171. The van der Waals surface area contributed by atoms with E-state index in [2.05, 4.69) is 11.2 Å². The van der Waals surface area contributed by atoms with Crippen molar-refractivity contribution in [2.45, 2.75) is 26.1 Å². The number of pyridine rings is 1. The Balaban J connectivity index is 2.10. The van der Waals surface area contributed by atoms with Crippen molar-refractivity contribution in [1.82, 2.24) is 9.88 Å². The summed E-state index contributed by atoms with van der Waals surface area (Å²) in [5.41, 5.74) is 0.611. The maximum Gasteiger partial charge on any atom is 0.255 e. The van der Waals surface area contributed by atoms with Crippen LogP contribution < -0.4 is 0 Å². The maximum absolute atomic E-state index is 12.1. The van der Waals surface area contributed by atoms with Gasteiger partial charge in [0.15, 0.2) is 0 Å². The molecule has 4 heteroatoms. The summed E-state index contributed by atoms with van der Waals surface area (Å²) in [7, 11) is 0. The Kier molecular flexibility index (Phi) is 3.19. The molecule has 16 heavy (non-hydrogen) atoms. The zero-order valence-corrected chi connectivity index (χ0v) is 9.51. The topological polar surface area (TPSA) is 42.4 Å². The van der Waals surface area contributed by atoms with Gasteiger partial charge in [0.2, 0.25) is 0 Å². The Morgan fingerprint density at radius 3 is 2.75 bits per heavy atom. The average Bonchev–Trinajstić information content (AvgIpc) is 2.28. The second-order valence-corrected chi connectivity index (χ2v) is 4.14. The first-order valence-corrected chi connectivity index (χ1v) is 5.43. The highest BCUT2D eigenvalue weighted by molar-refractivity contribution is 5.93. The predicted molar refractivity (Wildman–Crippen MR) is 59.0 cm³/mol. The molecule has 1 fully saturated rings. The Hall–Kier alpha value is -1.42. The zero-order valence-electron chi connectivity index (χ0n) is 9.51. The molecule has 0 N–H and O–H groups in total. The number of rotatable bonds is 1. The number of aromatic nitrogens is 1. The number of nitrogens with zero attached hydrogens (tertiary/aromatic N) is 2. The normalized spacial score (nSPS) is 25.5. The van der Waals surface area contributed by atoms with Gasteiger partial charge in [-0.25, -0.2) is 0 Å². The van der Waals surface area contributed by atoms with Crippen LogP contribution in [0.4, 0.5) is 0 Å². The summed E-state index contributed by atoms with van der Waals surface area (Å²) < 4.78 is 5.59. The van der Waals surface area contributed by atoms with Crippen molar-refractivity contribution in [1.29, 1.82) is 0 Å². The van der Waals surface area contributed by atoms with Gasteiger partial charge >= 0.3 is 0 Å². The van der Waals surface area contributed by atoms with Gasteiger partial charge in [0.1, 0.15) is 0 Å². The van der Waals surface area contributed by atoms with Crippen LogP contribution in [0.15, 0.2) is 18.3 Å². The van der Waals surface area contributed by atoms with Crippen molar-refractivity contribution in [2.24, 2.45) is 0 Å². The van der Waals surface area contributed by atoms with Crippen LogP contribution in [-0.2, 0) is 4.74 Å². The predicted octanol–water partition coefficient (Wildman–Crippen LogP) is 1.13. The molecule has 4 nitrogen and oxygen atoms in total. The monoisotopic (exact) mass is 219 g/mol. The van der Waals surface area contributed by atoms with Gasteiger partial charge in [-0.1, -0.05) is 0 Å². The molecule has 1 amide bonds. The Morgan fingerprint density at radius 1 is 1.50 bits per heavy atom. The van der Waals surface area contributed by atoms with Crippen molar-refractivity contribution >= 4 is 5.91 Å². The third-order valence-corrected chi connectivity index (χ3v) is 2.57. The van der Waals surface area contributed by atoms with Gasteiger partial charge in [0, 0.05) is 19.3 Å². The van der Waals surface area contributed by atoms with E-state index in [9.17, 15) is 4.79 Å². The van der Waals surface area contributed by atoms with Crippen LogP contribution in [0.3, 0.4) is 0 Å². The van der Waals surface area contributed by atoms with Gasteiger partial charge in [0.05, 0.1) is 24.0 Å². The average molecular weight is 219 g/mol. The molecule has 1 aromatic rings. The molecule has 0 aliphatic carbocycles. The molecule has 85 valence electrons. The van der Waals surface area contributed by atoms with E-state index >= 15 is 0 Å². The standard InChI is InChI=1S/C12H15N2O2/c1-9-7-14(8-10(2)16-9)12(15)11-4-3-5-13-6-11/h3-4,6,9-10H,7-8H2,1-2H3. The Bertz CT molecular complexity index is 357. The quantitative estimate of drug-likeness (QED) is 0.711. The van der Waals surface area contributed by atoms with Crippen LogP contribution in [0, 0.1) is 6.20 Å². The molecule has 1 aliphatic rings. The zero-order chi connectivity index (χ0) is 11.5. The molecule has 0 aromatic carbocycles. The number of hydrogen-bond donors (Lipinski definition) is 0. The van der Waals surface area contributed by atoms with Crippen molar-refractivity contribution in [3.8, 4) is 0 Å². The molecular formula is C12H15N2O2. The lowest BCUT2D eigenvalue weighted by Gasteiger charge is -2.35. The first-order chi connectivity index (χ1) is 7.66. The molecule has 2 rings (SSSR count). The van der Waals surface area contributed by atoms with E-state index in [0.717, 1.165) is 0 Å². The van der Waals surface area contributed by atoms with E-state index in [0.29, 0.717) is 18.7 Å². The molecule has 2 atom stereocenters. The minimum atomic E-state index is 0.0171. The first kappa shape index (κ1) is 11.1. The maximum atomic E-state index is 12.1. The second-order valence-electron chi connectivity index (χ2n) is 4.14. The summed E-state index contributed by atoms with van der Waals surface area (Å²) in [5, 5.41) is 0. The summed E-state index contributed by atoms with van der Waals surface area (Å²) in [6.07, 6.45) is 4.40. The molecule has 2 unspecified atom stereocenters. The number of hydrogen-bond acceptors (Lipinski definition) is 3. The van der Waals surface area contributed by atoms with E-state index in [1.54, 1.807) is 18.3 Å². The van der Waals surface area contributed by atoms with Crippen molar-refractivity contribution in [2.75, 3.05) is 13.1 Å². The molecule has 0 spiro atoms. The van der Waals surface area contributed by atoms with Crippen LogP contribution >= 0.6 is 0 Å². The smallest absolute Gasteiger partial charge is 0.255 e. The highest BCUT2D eigenvalue weighted by atomic mass is 16.5. The fourth-order valence-corrected chi connectivity index (χ4v) is 1.97. The van der Waals surface area contributed by atoms with E-state index in [-0.39, 0.29) is 18.1 Å². The van der Waals surface area contributed by atoms with Gasteiger partial charge in [-0.15, -0.1) is 0 Å². The molecule has 0 bridgehead atoms. The van der Waals surface area contributed by atoms with E-state index < -0.39 is 0 Å². The van der Waals surface area contributed by atoms with E-state index in [1.807, 2.05) is 18.7 Å². The molecule has 1 saturated heterocycles. The minimum Gasteiger partial charge on any atom is -0.372 e. The van der Waals surface area contributed by atoms with Crippen LogP contribution in [0.1, 0.15) is 24.2 Å². The van der Waals surface area contributed by atoms with Crippen LogP contribution in [0.5, 0.6) is 0 Å².